The Morgan fingerprint density at radius 3 is 2.49 bits per heavy atom. The fourth-order valence-electron chi connectivity index (χ4n) is 4.32. The van der Waals surface area contributed by atoms with Crippen LogP contribution in [0.2, 0.25) is 0 Å². The van der Waals surface area contributed by atoms with E-state index in [9.17, 15) is 4.79 Å². The number of nitrogens with one attached hydrogen (secondary N) is 2. The molecule has 2 fully saturated rings. The molecule has 1 amide bonds. The molecule has 0 unspecified atom stereocenters. The smallest absolute Gasteiger partial charge is 0.257 e. The van der Waals surface area contributed by atoms with Gasteiger partial charge in [-0.25, -0.2) is 15.0 Å². The standard InChI is InChI=1S/C26H30N6O3/c1-18-28-23(16-24(29-18)32-12-14-34-15-13-32)30-20-7-9-21(10-8-20)31-26(33)19-6-11-25(27-17-19)35-22-4-2-3-5-22/h6-11,16-17,22H,2-5,12-15H2,1H3,(H,31,33)(H,28,29,30). The van der Waals surface area contributed by atoms with E-state index in [4.69, 9.17) is 9.47 Å². The number of rotatable bonds is 7. The Bertz CT molecular complexity index is 1140. The van der Waals surface area contributed by atoms with Crippen LogP contribution in [0.5, 0.6) is 5.88 Å². The maximum Gasteiger partial charge on any atom is 0.257 e. The van der Waals surface area contributed by atoms with E-state index < -0.39 is 0 Å². The highest BCUT2D eigenvalue weighted by molar-refractivity contribution is 6.04. The average molecular weight is 475 g/mol. The summed E-state index contributed by atoms with van der Waals surface area (Å²) in [5, 5.41) is 6.24. The Balaban J connectivity index is 1.18. The molecule has 0 spiro atoms. The summed E-state index contributed by atoms with van der Waals surface area (Å²) in [7, 11) is 0. The number of aromatic nitrogens is 3. The summed E-state index contributed by atoms with van der Waals surface area (Å²) in [6.45, 7) is 4.92. The second kappa shape index (κ2) is 10.7. The lowest BCUT2D eigenvalue weighted by Gasteiger charge is -2.28. The number of nitrogens with zero attached hydrogens (tertiary/aromatic N) is 4. The van der Waals surface area contributed by atoms with Crippen LogP contribution in [-0.4, -0.2) is 53.3 Å². The average Bonchev–Trinajstić information content (AvgIpc) is 3.39. The highest BCUT2D eigenvalue weighted by Gasteiger charge is 2.17. The van der Waals surface area contributed by atoms with Crippen LogP contribution in [0.3, 0.4) is 0 Å². The highest BCUT2D eigenvalue weighted by Crippen LogP contribution is 2.24. The molecule has 3 heterocycles. The lowest BCUT2D eigenvalue weighted by Crippen LogP contribution is -2.36. The molecule has 3 aromatic rings. The summed E-state index contributed by atoms with van der Waals surface area (Å²) in [5.41, 5.74) is 2.04. The Morgan fingerprint density at radius 2 is 1.77 bits per heavy atom. The van der Waals surface area contributed by atoms with Crippen LogP contribution in [0.1, 0.15) is 41.9 Å². The van der Waals surface area contributed by atoms with E-state index in [1.165, 1.54) is 12.8 Å². The maximum atomic E-state index is 12.6. The van der Waals surface area contributed by atoms with Gasteiger partial charge in [0.15, 0.2) is 0 Å². The first-order valence-electron chi connectivity index (χ1n) is 12.1. The number of amides is 1. The Labute approximate surface area is 204 Å². The Hall–Kier alpha value is -3.72. The number of pyridine rings is 1. The first kappa shape index (κ1) is 23.0. The van der Waals surface area contributed by atoms with Gasteiger partial charge in [0.25, 0.3) is 5.91 Å². The number of anilines is 4. The third kappa shape index (κ3) is 6.05. The van der Waals surface area contributed by atoms with Gasteiger partial charge in [-0.3, -0.25) is 4.79 Å². The molecule has 2 N–H and O–H groups in total. The molecule has 1 saturated heterocycles. The zero-order valence-corrected chi connectivity index (χ0v) is 19.9. The highest BCUT2D eigenvalue weighted by atomic mass is 16.5. The van der Waals surface area contributed by atoms with E-state index in [2.05, 4.69) is 30.5 Å². The van der Waals surface area contributed by atoms with E-state index in [1.807, 2.05) is 37.3 Å². The fraction of sp³-hybridized carbons (Fsp3) is 0.385. The number of hydrogen-bond donors (Lipinski definition) is 2. The Kier molecular flexibility index (Phi) is 7.04. The van der Waals surface area contributed by atoms with Crippen molar-refractivity contribution in [2.45, 2.75) is 38.7 Å². The van der Waals surface area contributed by atoms with Crippen molar-refractivity contribution in [3.63, 3.8) is 0 Å². The van der Waals surface area contributed by atoms with Crippen molar-refractivity contribution in [3.05, 3.63) is 60.0 Å². The number of hydrogen-bond acceptors (Lipinski definition) is 8. The number of ether oxygens (including phenoxy) is 2. The van der Waals surface area contributed by atoms with Gasteiger partial charge in [-0.1, -0.05) is 0 Å². The summed E-state index contributed by atoms with van der Waals surface area (Å²) in [4.78, 5) is 28.2. The van der Waals surface area contributed by atoms with Gasteiger partial charge in [0.05, 0.1) is 18.8 Å². The van der Waals surface area contributed by atoms with Crippen LogP contribution in [0.15, 0.2) is 48.7 Å². The molecule has 182 valence electrons. The second-order valence-electron chi connectivity index (χ2n) is 8.82. The topological polar surface area (TPSA) is 102 Å². The fourth-order valence-corrected chi connectivity index (χ4v) is 4.32. The van der Waals surface area contributed by atoms with Crippen LogP contribution in [0.4, 0.5) is 23.0 Å². The van der Waals surface area contributed by atoms with Crippen molar-refractivity contribution >= 4 is 28.9 Å². The lowest BCUT2D eigenvalue weighted by molar-refractivity contribution is 0.102. The molecule has 1 saturated carbocycles. The van der Waals surface area contributed by atoms with Gasteiger partial charge < -0.3 is 25.0 Å². The summed E-state index contributed by atoms with van der Waals surface area (Å²) >= 11 is 0. The summed E-state index contributed by atoms with van der Waals surface area (Å²) in [6.07, 6.45) is 6.34. The van der Waals surface area contributed by atoms with E-state index in [0.29, 0.717) is 36.2 Å². The minimum Gasteiger partial charge on any atom is -0.474 e. The number of morpholine rings is 1. The number of carbonyl (C=O) groups excluding carboxylic acids is 1. The Morgan fingerprint density at radius 1 is 1.03 bits per heavy atom. The summed E-state index contributed by atoms with van der Waals surface area (Å²) in [5.74, 6) is 2.67. The van der Waals surface area contributed by atoms with Crippen molar-refractivity contribution in [2.75, 3.05) is 41.8 Å². The molecule has 0 radical (unpaired) electrons. The summed E-state index contributed by atoms with van der Waals surface area (Å²) < 4.78 is 11.3. The van der Waals surface area contributed by atoms with Gasteiger partial charge in [-0.15, -0.1) is 0 Å². The van der Waals surface area contributed by atoms with Gasteiger partial charge in [0.1, 0.15) is 23.6 Å². The largest absolute Gasteiger partial charge is 0.474 e. The van der Waals surface area contributed by atoms with E-state index in [0.717, 1.165) is 43.3 Å². The molecule has 0 atom stereocenters. The number of aryl methyl sites for hydroxylation is 1. The number of benzene rings is 1. The van der Waals surface area contributed by atoms with Crippen molar-refractivity contribution in [3.8, 4) is 5.88 Å². The molecule has 2 aliphatic rings. The zero-order chi connectivity index (χ0) is 24.0. The van der Waals surface area contributed by atoms with Gasteiger partial charge in [-0.05, 0) is 62.9 Å². The molecule has 1 aliphatic heterocycles. The second-order valence-corrected chi connectivity index (χ2v) is 8.82. The quantitative estimate of drug-likeness (QED) is 0.522. The van der Waals surface area contributed by atoms with Crippen LogP contribution in [0, 0.1) is 6.92 Å². The molecule has 1 aliphatic carbocycles. The minimum atomic E-state index is -0.216. The monoisotopic (exact) mass is 474 g/mol. The predicted molar refractivity (Wildman–Crippen MR) is 135 cm³/mol. The van der Waals surface area contributed by atoms with Gasteiger partial charge in [0, 0.05) is 42.8 Å². The lowest BCUT2D eigenvalue weighted by atomic mass is 10.2. The van der Waals surface area contributed by atoms with Gasteiger partial charge in [-0.2, -0.15) is 0 Å². The molecule has 35 heavy (non-hydrogen) atoms. The van der Waals surface area contributed by atoms with Crippen molar-refractivity contribution < 1.29 is 14.3 Å². The van der Waals surface area contributed by atoms with Gasteiger partial charge in [0.2, 0.25) is 5.88 Å². The molecular weight excluding hydrogens is 444 g/mol. The maximum absolute atomic E-state index is 12.6. The third-order valence-corrected chi connectivity index (χ3v) is 6.16. The molecule has 2 aromatic heterocycles. The van der Waals surface area contributed by atoms with Crippen LogP contribution in [0.25, 0.3) is 0 Å². The van der Waals surface area contributed by atoms with E-state index in [1.54, 1.807) is 18.3 Å². The van der Waals surface area contributed by atoms with E-state index >= 15 is 0 Å². The van der Waals surface area contributed by atoms with Crippen LogP contribution in [-0.2, 0) is 4.74 Å². The predicted octanol–water partition coefficient (Wildman–Crippen LogP) is 4.33. The van der Waals surface area contributed by atoms with E-state index in [-0.39, 0.29) is 12.0 Å². The molecule has 0 bridgehead atoms. The minimum absolute atomic E-state index is 0.216. The normalized spacial score (nSPS) is 16.2. The molecule has 1 aromatic carbocycles. The summed E-state index contributed by atoms with van der Waals surface area (Å²) in [6, 6.07) is 12.9. The van der Waals surface area contributed by atoms with Crippen molar-refractivity contribution in [2.24, 2.45) is 0 Å². The van der Waals surface area contributed by atoms with Crippen molar-refractivity contribution in [1.29, 1.82) is 0 Å². The molecule has 9 heteroatoms. The molecule has 5 rings (SSSR count). The number of carbonyl (C=O) groups is 1. The SMILES string of the molecule is Cc1nc(Nc2ccc(NC(=O)c3ccc(OC4CCCC4)nc3)cc2)cc(N2CCOCC2)n1. The first-order chi connectivity index (χ1) is 17.1. The van der Waals surface area contributed by atoms with Crippen LogP contribution >= 0.6 is 0 Å². The zero-order valence-electron chi connectivity index (χ0n) is 19.9. The first-order valence-corrected chi connectivity index (χ1v) is 12.1. The third-order valence-electron chi connectivity index (χ3n) is 6.16. The van der Waals surface area contributed by atoms with Gasteiger partial charge >= 0.3 is 0 Å². The van der Waals surface area contributed by atoms with Crippen LogP contribution < -0.4 is 20.3 Å². The van der Waals surface area contributed by atoms with Crippen molar-refractivity contribution in [1.82, 2.24) is 15.0 Å². The molecule has 9 nitrogen and oxygen atoms in total. The molecular formula is C26H30N6O3.